The zero-order valence-corrected chi connectivity index (χ0v) is 19.1. The molecule has 2 atom stereocenters. The second-order valence-corrected chi connectivity index (χ2v) is 8.43. The number of rotatable bonds is 6. The Morgan fingerprint density at radius 3 is 2.66 bits per heavy atom. The number of aliphatic hydroxyl groups is 1. The molecule has 0 aliphatic carbocycles. The van der Waals surface area contributed by atoms with Crippen molar-refractivity contribution in [1.82, 2.24) is 4.90 Å². The number of hydrogen-bond acceptors (Lipinski definition) is 5. The van der Waals surface area contributed by atoms with Crippen LogP contribution in [-0.2, 0) is 16.1 Å². The number of nitrogens with zero attached hydrogens (tertiary/aromatic N) is 1. The summed E-state index contributed by atoms with van der Waals surface area (Å²) >= 11 is 6.29. The number of fused-ring (bicyclic) bond motifs is 1. The number of carbonyl (C=O) groups is 1. The van der Waals surface area contributed by atoms with Gasteiger partial charge in [0.15, 0.2) is 0 Å². The highest BCUT2D eigenvalue weighted by molar-refractivity contribution is 6.31. The van der Waals surface area contributed by atoms with Crippen LogP contribution in [-0.4, -0.2) is 30.1 Å². The van der Waals surface area contributed by atoms with Crippen molar-refractivity contribution < 1.29 is 19.4 Å². The summed E-state index contributed by atoms with van der Waals surface area (Å²) in [4.78, 5) is 13.5. The lowest BCUT2D eigenvalue weighted by Crippen LogP contribution is -2.23. The molecule has 3 aromatic rings. The molecule has 1 N–H and O–H groups in total. The van der Waals surface area contributed by atoms with E-state index in [2.05, 4.69) is 18.2 Å². The van der Waals surface area contributed by atoms with E-state index in [1.54, 1.807) is 11.9 Å². The maximum Gasteiger partial charge on any atom is 0.307 e. The summed E-state index contributed by atoms with van der Waals surface area (Å²) in [5.74, 6) is 0.358. The summed E-state index contributed by atoms with van der Waals surface area (Å²) in [5, 5.41) is 11.4. The van der Waals surface area contributed by atoms with Crippen LogP contribution in [0, 0.1) is 6.92 Å². The van der Waals surface area contributed by atoms with Crippen LogP contribution >= 0.6 is 11.6 Å². The van der Waals surface area contributed by atoms with Gasteiger partial charge in [0, 0.05) is 16.6 Å². The minimum absolute atomic E-state index is 0.187. The maximum atomic E-state index is 11.8. The van der Waals surface area contributed by atoms with Gasteiger partial charge >= 0.3 is 5.97 Å². The SMILES string of the molecule is COC(=O)CC1c2ccc(OCc3cccc(-c4cccc(Cl)c4C)c3)cc2C(O)N1C. The first kappa shape index (κ1) is 22.3. The molecule has 5 nitrogen and oxygen atoms in total. The van der Waals surface area contributed by atoms with Crippen LogP contribution in [0.15, 0.2) is 60.7 Å². The van der Waals surface area contributed by atoms with E-state index in [1.807, 2.05) is 49.4 Å². The molecule has 0 radical (unpaired) electrons. The molecule has 1 heterocycles. The Balaban J connectivity index is 1.51. The average molecular weight is 452 g/mol. The Hall–Kier alpha value is -2.86. The third kappa shape index (κ3) is 4.37. The molecule has 3 aromatic carbocycles. The van der Waals surface area contributed by atoms with Gasteiger partial charge in [-0.1, -0.05) is 48.0 Å². The Labute approximate surface area is 193 Å². The van der Waals surface area contributed by atoms with Crippen LogP contribution in [0.1, 0.15) is 40.9 Å². The molecule has 0 saturated heterocycles. The van der Waals surface area contributed by atoms with Crippen LogP contribution in [0.2, 0.25) is 5.02 Å². The number of ether oxygens (including phenoxy) is 2. The normalized spacial score (nSPS) is 17.8. The second kappa shape index (κ2) is 9.33. The van der Waals surface area contributed by atoms with E-state index in [4.69, 9.17) is 21.1 Å². The van der Waals surface area contributed by atoms with E-state index in [9.17, 15) is 9.90 Å². The first-order valence-electron chi connectivity index (χ1n) is 10.5. The van der Waals surface area contributed by atoms with Crippen LogP contribution in [0.5, 0.6) is 5.75 Å². The van der Waals surface area contributed by atoms with Gasteiger partial charge in [-0.25, -0.2) is 0 Å². The first-order chi connectivity index (χ1) is 15.4. The van der Waals surface area contributed by atoms with Gasteiger partial charge in [-0.3, -0.25) is 9.69 Å². The van der Waals surface area contributed by atoms with Gasteiger partial charge in [0.1, 0.15) is 18.6 Å². The third-order valence-electron chi connectivity index (χ3n) is 6.07. The van der Waals surface area contributed by atoms with Gasteiger partial charge in [0.25, 0.3) is 0 Å². The number of hydrogen-bond donors (Lipinski definition) is 1. The van der Waals surface area contributed by atoms with Gasteiger partial charge in [-0.15, -0.1) is 0 Å². The summed E-state index contributed by atoms with van der Waals surface area (Å²) in [6.07, 6.45) is -0.607. The lowest BCUT2D eigenvalue weighted by molar-refractivity contribution is -0.142. The van der Waals surface area contributed by atoms with Gasteiger partial charge in [0.2, 0.25) is 0 Å². The minimum Gasteiger partial charge on any atom is -0.489 e. The van der Waals surface area contributed by atoms with E-state index in [0.29, 0.717) is 12.4 Å². The highest BCUT2D eigenvalue weighted by atomic mass is 35.5. The molecule has 1 aliphatic rings. The van der Waals surface area contributed by atoms with Crippen molar-refractivity contribution in [3.63, 3.8) is 0 Å². The highest BCUT2D eigenvalue weighted by Crippen LogP contribution is 2.42. The summed E-state index contributed by atoms with van der Waals surface area (Å²) in [5.41, 5.74) is 5.93. The first-order valence-corrected chi connectivity index (χ1v) is 10.8. The molecule has 0 spiro atoms. The Bertz CT molecular complexity index is 1150. The summed E-state index contributed by atoms with van der Waals surface area (Å²) < 4.78 is 10.8. The molecular formula is C26H26ClNO4. The molecule has 0 bridgehead atoms. The van der Waals surface area contributed by atoms with Crippen LogP contribution < -0.4 is 4.74 Å². The number of methoxy groups -OCH3 is 1. The van der Waals surface area contributed by atoms with Gasteiger partial charge in [-0.2, -0.15) is 0 Å². The Morgan fingerprint density at radius 2 is 1.88 bits per heavy atom. The molecule has 32 heavy (non-hydrogen) atoms. The van der Waals surface area contributed by atoms with E-state index in [0.717, 1.165) is 38.4 Å². The van der Waals surface area contributed by atoms with Crippen molar-refractivity contribution in [3.05, 3.63) is 87.9 Å². The van der Waals surface area contributed by atoms with Crippen molar-refractivity contribution in [2.75, 3.05) is 14.2 Å². The number of benzene rings is 3. The predicted molar refractivity (Wildman–Crippen MR) is 124 cm³/mol. The predicted octanol–water partition coefficient (Wildman–Crippen LogP) is 5.43. The number of halogens is 1. The summed E-state index contributed by atoms with van der Waals surface area (Å²) in [6, 6.07) is 19.5. The van der Waals surface area contributed by atoms with Crippen molar-refractivity contribution in [1.29, 1.82) is 0 Å². The number of carbonyl (C=O) groups excluding carboxylic acids is 1. The zero-order valence-electron chi connectivity index (χ0n) is 18.3. The quantitative estimate of drug-likeness (QED) is 0.506. The Kier molecular flexibility index (Phi) is 6.51. The lowest BCUT2D eigenvalue weighted by atomic mass is 9.99. The highest BCUT2D eigenvalue weighted by Gasteiger charge is 2.36. The smallest absolute Gasteiger partial charge is 0.307 e. The average Bonchev–Trinajstić information content (AvgIpc) is 3.04. The van der Waals surface area contributed by atoms with Crippen molar-refractivity contribution in [2.24, 2.45) is 0 Å². The molecule has 6 heteroatoms. The van der Waals surface area contributed by atoms with E-state index >= 15 is 0 Å². The monoisotopic (exact) mass is 451 g/mol. The van der Waals surface area contributed by atoms with Crippen molar-refractivity contribution in [2.45, 2.75) is 32.2 Å². The van der Waals surface area contributed by atoms with Gasteiger partial charge in [-0.05, 0) is 66.1 Å². The van der Waals surface area contributed by atoms with Crippen molar-refractivity contribution >= 4 is 17.6 Å². The van der Waals surface area contributed by atoms with Gasteiger partial charge < -0.3 is 14.6 Å². The molecule has 1 aliphatic heterocycles. The molecule has 0 saturated carbocycles. The molecule has 4 rings (SSSR count). The van der Waals surface area contributed by atoms with Crippen LogP contribution in [0.25, 0.3) is 11.1 Å². The maximum absolute atomic E-state index is 11.8. The fourth-order valence-corrected chi connectivity index (χ4v) is 4.36. The fourth-order valence-electron chi connectivity index (χ4n) is 4.19. The molecule has 0 aromatic heterocycles. The van der Waals surface area contributed by atoms with Crippen LogP contribution in [0.4, 0.5) is 0 Å². The third-order valence-corrected chi connectivity index (χ3v) is 6.48. The lowest BCUT2D eigenvalue weighted by Gasteiger charge is -2.21. The largest absolute Gasteiger partial charge is 0.489 e. The standard InChI is InChI=1S/C26H26ClNO4/c1-16-20(8-5-9-23(16)27)18-7-4-6-17(12-18)15-32-19-10-11-21-22(13-19)26(30)28(2)24(21)14-25(29)31-3/h4-13,24,26,30H,14-15H2,1-3H3. The molecule has 0 fully saturated rings. The summed E-state index contributed by atoms with van der Waals surface area (Å²) in [6.45, 7) is 2.41. The molecular weight excluding hydrogens is 426 g/mol. The minimum atomic E-state index is -0.794. The zero-order chi connectivity index (χ0) is 22.8. The fraction of sp³-hybridized carbons (Fsp3) is 0.269. The van der Waals surface area contributed by atoms with Crippen LogP contribution in [0.3, 0.4) is 0 Å². The van der Waals surface area contributed by atoms with E-state index < -0.39 is 6.23 Å². The van der Waals surface area contributed by atoms with E-state index in [-0.39, 0.29) is 18.4 Å². The molecule has 0 amide bonds. The molecule has 166 valence electrons. The number of esters is 1. The Morgan fingerprint density at radius 1 is 1.09 bits per heavy atom. The topological polar surface area (TPSA) is 59.0 Å². The molecule has 2 unspecified atom stereocenters. The number of aliphatic hydroxyl groups excluding tert-OH is 1. The second-order valence-electron chi connectivity index (χ2n) is 8.03. The van der Waals surface area contributed by atoms with Gasteiger partial charge in [0.05, 0.1) is 13.5 Å². The van der Waals surface area contributed by atoms with Crippen molar-refractivity contribution in [3.8, 4) is 16.9 Å². The summed E-state index contributed by atoms with van der Waals surface area (Å²) in [7, 11) is 3.16. The van der Waals surface area contributed by atoms with E-state index in [1.165, 1.54) is 7.11 Å².